The number of aromatic nitrogens is 3. The number of amides is 2. The highest BCUT2D eigenvalue weighted by Crippen LogP contribution is 2.31. The van der Waals surface area contributed by atoms with Gasteiger partial charge in [-0.1, -0.05) is 6.92 Å². The van der Waals surface area contributed by atoms with Gasteiger partial charge in [0.1, 0.15) is 11.6 Å². The smallest absolute Gasteiger partial charge is 0.253 e. The fourth-order valence-corrected chi connectivity index (χ4v) is 6.77. The Bertz CT molecular complexity index is 1340. The first-order valence-electron chi connectivity index (χ1n) is 14.4. The number of aromatic amines is 1. The molecule has 3 aromatic rings. The van der Waals surface area contributed by atoms with Gasteiger partial charge in [0.25, 0.3) is 5.91 Å². The summed E-state index contributed by atoms with van der Waals surface area (Å²) in [4.78, 5) is 47.2. The fraction of sp³-hybridized carbons (Fsp3) is 0.467. The number of carbonyl (C=O) groups is 2. The molecule has 0 aliphatic carbocycles. The summed E-state index contributed by atoms with van der Waals surface area (Å²) in [5, 5.41) is 0. The van der Waals surface area contributed by atoms with E-state index in [0.717, 1.165) is 92.7 Å². The molecule has 210 valence electrons. The molecule has 3 fully saturated rings. The van der Waals surface area contributed by atoms with Crippen LogP contribution in [0.4, 0.5) is 11.5 Å². The topological polar surface area (TPSA) is 88.7 Å². The van der Waals surface area contributed by atoms with Crippen LogP contribution in [-0.4, -0.2) is 87.9 Å². The van der Waals surface area contributed by atoms with Crippen molar-refractivity contribution in [2.24, 2.45) is 0 Å². The molecule has 9 nitrogen and oxygen atoms in total. The largest absolute Gasteiger partial charge is 0.353 e. The molecular formula is C30H37N7O2S. The SMILES string of the molecule is CC[C@H]1CN(c2ncc(-c3ncc[nH]3)cc2S)CCN1C1CCN(C(=O)c2ccc(N3CCCC3=O)cc2)CC1. The number of hydrogen-bond acceptors (Lipinski definition) is 7. The predicted molar refractivity (Wildman–Crippen MR) is 159 cm³/mol. The third kappa shape index (κ3) is 5.34. The fourth-order valence-electron chi connectivity index (χ4n) is 6.44. The van der Waals surface area contributed by atoms with Gasteiger partial charge in [-0.3, -0.25) is 14.5 Å². The van der Waals surface area contributed by atoms with Crippen molar-refractivity contribution in [3.63, 3.8) is 0 Å². The van der Waals surface area contributed by atoms with Gasteiger partial charge in [0.2, 0.25) is 5.91 Å². The molecule has 40 heavy (non-hydrogen) atoms. The number of thiol groups is 1. The van der Waals surface area contributed by atoms with E-state index in [9.17, 15) is 9.59 Å². The van der Waals surface area contributed by atoms with Gasteiger partial charge in [0.15, 0.2) is 0 Å². The molecular weight excluding hydrogens is 522 g/mol. The Morgan fingerprint density at radius 3 is 2.52 bits per heavy atom. The normalized spacial score (nSPS) is 20.9. The Morgan fingerprint density at radius 1 is 1.07 bits per heavy atom. The van der Waals surface area contributed by atoms with Crippen LogP contribution in [0.25, 0.3) is 11.4 Å². The molecule has 2 aromatic heterocycles. The number of anilines is 2. The molecule has 0 unspecified atom stereocenters. The maximum Gasteiger partial charge on any atom is 0.253 e. The minimum Gasteiger partial charge on any atom is -0.353 e. The third-order valence-corrected chi connectivity index (χ3v) is 8.97. The lowest BCUT2D eigenvalue weighted by atomic mass is 9.97. The quantitative estimate of drug-likeness (QED) is 0.443. The first-order valence-corrected chi connectivity index (χ1v) is 14.9. The van der Waals surface area contributed by atoms with Gasteiger partial charge in [-0.25, -0.2) is 9.97 Å². The number of imidazole rings is 1. The number of pyridine rings is 1. The number of hydrogen-bond donors (Lipinski definition) is 2. The second-order valence-electron chi connectivity index (χ2n) is 11.0. The number of piperazine rings is 1. The Kier molecular flexibility index (Phi) is 7.80. The zero-order chi connectivity index (χ0) is 27.6. The molecule has 1 atom stereocenters. The lowest BCUT2D eigenvalue weighted by Gasteiger charge is -2.47. The van der Waals surface area contributed by atoms with Crippen LogP contribution in [0.1, 0.15) is 49.4 Å². The summed E-state index contributed by atoms with van der Waals surface area (Å²) in [6.07, 6.45) is 9.95. The van der Waals surface area contributed by atoms with Crippen LogP contribution in [0, 0.1) is 0 Å². The summed E-state index contributed by atoms with van der Waals surface area (Å²) < 4.78 is 0. The van der Waals surface area contributed by atoms with Crippen molar-refractivity contribution in [3.8, 4) is 11.4 Å². The molecule has 6 rings (SSSR count). The Hall–Kier alpha value is -3.37. The van der Waals surface area contributed by atoms with Crippen molar-refractivity contribution < 1.29 is 9.59 Å². The first kappa shape index (κ1) is 26.8. The number of piperidine rings is 1. The van der Waals surface area contributed by atoms with E-state index in [1.807, 2.05) is 52.5 Å². The number of carbonyl (C=O) groups excluding carboxylic acids is 2. The number of H-pyrrole nitrogens is 1. The van der Waals surface area contributed by atoms with E-state index < -0.39 is 0 Å². The Balaban J connectivity index is 1.04. The van der Waals surface area contributed by atoms with Crippen LogP contribution < -0.4 is 9.80 Å². The molecule has 0 saturated carbocycles. The minimum absolute atomic E-state index is 0.0833. The number of nitrogens with zero attached hydrogens (tertiary/aromatic N) is 6. The van der Waals surface area contributed by atoms with Gasteiger partial charge < -0.3 is 19.7 Å². The summed E-state index contributed by atoms with van der Waals surface area (Å²) >= 11 is 4.77. The summed E-state index contributed by atoms with van der Waals surface area (Å²) in [7, 11) is 0. The van der Waals surface area contributed by atoms with Gasteiger partial charge in [-0.05, 0) is 56.0 Å². The van der Waals surface area contributed by atoms with Crippen molar-refractivity contribution in [2.45, 2.75) is 56.0 Å². The van der Waals surface area contributed by atoms with Gasteiger partial charge in [-0.2, -0.15) is 0 Å². The maximum absolute atomic E-state index is 13.2. The molecule has 5 heterocycles. The third-order valence-electron chi connectivity index (χ3n) is 8.64. The van der Waals surface area contributed by atoms with Crippen molar-refractivity contribution in [1.29, 1.82) is 0 Å². The summed E-state index contributed by atoms with van der Waals surface area (Å²) in [6, 6.07) is 10.5. The average Bonchev–Trinajstić information content (AvgIpc) is 3.69. The lowest BCUT2D eigenvalue weighted by Crippen LogP contribution is -2.58. The van der Waals surface area contributed by atoms with Gasteiger partial charge in [0, 0.05) is 98.1 Å². The zero-order valence-corrected chi connectivity index (χ0v) is 23.9. The van der Waals surface area contributed by atoms with Crippen LogP contribution in [0.5, 0.6) is 0 Å². The Morgan fingerprint density at radius 2 is 1.88 bits per heavy atom. The van der Waals surface area contributed by atoms with Crippen molar-refractivity contribution in [1.82, 2.24) is 24.8 Å². The summed E-state index contributed by atoms with van der Waals surface area (Å²) in [5.74, 6) is 1.97. The van der Waals surface area contributed by atoms with Gasteiger partial charge in [-0.15, -0.1) is 12.6 Å². The van der Waals surface area contributed by atoms with Crippen molar-refractivity contribution in [3.05, 3.63) is 54.5 Å². The number of benzene rings is 1. The van der Waals surface area contributed by atoms with Crippen LogP contribution in [0.15, 0.2) is 53.8 Å². The second-order valence-corrected chi connectivity index (χ2v) is 11.5. The highest BCUT2D eigenvalue weighted by atomic mass is 32.1. The maximum atomic E-state index is 13.2. The van der Waals surface area contributed by atoms with Gasteiger partial charge >= 0.3 is 0 Å². The number of rotatable bonds is 6. The molecule has 3 aliphatic rings. The van der Waals surface area contributed by atoms with Crippen LogP contribution in [0.3, 0.4) is 0 Å². The molecule has 1 aromatic carbocycles. The summed E-state index contributed by atoms with van der Waals surface area (Å²) in [5.41, 5.74) is 2.52. The second kappa shape index (κ2) is 11.6. The van der Waals surface area contributed by atoms with E-state index in [1.165, 1.54) is 0 Å². The standard InChI is InChI=1S/C30H37N7O2S/c1-2-23-20-35(29-26(40)18-22(19-33-29)28-31-11-12-32-28)16-17-36(23)25-9-14-34(15-10-25)30(39)21-5-7-24(8-6-21)37-13-3-4-27(37)38/h5-8,11-12,18-19,23,25,40H,2-4,9-10,13-17,20H2,1H3,(H,31,32)/t23-/m0/s1. The van der Waals surface area contributed by atoms with Crippen molar-refractivity contribution >= 4 is 35.9 Å². The van der Waals surface area contributed by atoms with Crippen LogP contribution in [-0.2, 0) is 4.79 Å². The summed E-state index contributed by atoms with van der Waals surface area (Å²) in [6.45, 7) is 7.35. The van der Waals surface area contributed by atoms with E-state index in [0.29, 0.717) is 24.1 Å². The zero-order valence-electron chi connectivity index (χ0n) is 23.0. The molecule has 3 saturated heterocycles. The molecule has 10 heteroatoms. The molecule has 3 aliphatic heterocycles. The van der Waals surface area contributed by atoms with E-state index >= 15 is 0 Å². The van der Waals surface area contributed by atoms with E-state index in [-0.39, 0.29) is 11.8 Å². The van der Waals surface area contributed by atoms with E-state index in [2.05, 4.69) is 26.7 Å². The molecule has 0 spiro atoms. The van der Waals surface area contributed by atoms with E-state index in [4.69, 9.17) is 17.6 Å². The molecule has 2 amide bonds. The Labute approximate surface area is 241 Å². The number of nitrogens with one attached hydrogen (secondary N) is 1. The molecule has 1 N–H and O–H groups in total. The van der Waals surface area contributed by atoms with Crippen LogP contribution >= 0.6 is 12.6 Å². The minimum atomic E-state index is 0.0833. The number of likely N-dealkylation sites (tertiary alicyclic amines) is 1. The highest BCUT2D eigenvalue weighted by molar-refractivity contribution is 7.80. The predicted octanol–water partition coefficient (Wildman–Crippen LogP) is 4.09. The average molecular weight is 560 g/mol. The van der Waals surface area contributed by atoms with Crippen molar-refractivity contribution in [2.75, 3.05) is 49.1 Å². The molecule has 0 bridgehead atoms. The van der Waals surface area contributed by atoms with Gasteiger partial charge in [0.05, 0.1) is 0 Å². The molecule has 0 radical (unpaired) electrons. The first-order chi connectivity index (χ1) is 19.5. The lowest BCUT2D eigenvalue weighted by molar-refractivity contribution is -0.117. The monoisotopic (exact) mass is 559 g/mol. The van der Waals surface area contributed by atoms with Crippen LogP contribution in [0.2, 0.25) is 0 Å². The highest BCUT2D eigenvalue weighted by Gasteiger charge is 2.35. The van der Waals surface area contributed by atoms with E-state index in [1.54, 1.807) is 6.20 Å².